The van der Waals surface area contributed by atoms with Crippen LogP contribution >= 0.6 is 23.1 Å². The van der Waals surface area contributed by atoms with Gasteiger partial charge in [0.1, 0.15) is 9.90 Å². The maximum atomic E-state index is 10.9. The number of hydrogen-bond donors (Lipinski definition) is 1. The second kappa shape index (κ2) is 5.33. The number of rotatable bonds is 4. The van der Waals surface area contributed by atoms with E-state index in [1.54, 1.807) is 6.92 Å². The molecule has 0 fully saturated rings. The molecule has 1 N–H and O–H groups in total. The largest absolute Gasteiger partial charge is 0.477 e. The second-order valence-corrected chi connectivity index (χ2v) is 5.68. The van der Waals surface area contributed by atoms with Crippen LogP contribution in [0.4, 0.5) is 5.69 Å². The first-order chi connectivity index (χ1) is 8.97. The minimum Gasteiger partial charge on any atom is -0.477 e. The van der Waals surface area contributed by atoms with Crippen LogP contribution in [0.5, 0.6) is 0 Å². The van der Waals surface area contributed by atoms with Crippen molar-refractivity contribution in [2.24, 2.45) is 0 Å². The van der Waals surface area contributed by atoms with E-state index in [1.807, 2.05) is 0 Å². The summed E-state index contributed by atoms with van der Waals surface area (Å²) >= 11 is 2.12. The Kier molecular flexibility index (Phi) is 3.76. The Morgan fingerprint density at radius 3 is 2.89 bits per heavy atom. The summed E-state index contributed by atoms with van der Waals surface area (Å²) in [6, 6.07) is 2.61. The van der Waals surface area contributed by atoms with Crippen molar-refractivity contribution >= 4 is 34.8 Å². The molecule has 0 amide bonds. The molecule has 9 heteroatoms. The highest BCUT2D eigenvalue weighted by Gasteiger charge is 2.16. The number of aromatic nitrogens is 2. The van der Waals surface area contributed by atoms with Crippen LogP contribution in [0, 0.1) is 17.0 Å². The lowest BCUT2D eigenvalue weighted by molar-refractivity contribution is -0.385. The highest BCUT2D eigenvalue weighted by atomic mass is 32.2. The van der Waals surface area contributed by atoms with E-state index in [1.165, 1.54) is 18.3 Å². The monoisotopic (exact) mass is 297 g/mol. The van der Waals surface area contributed by atoms with Gasteiger partial charge in [0.05, 0.1) is 10.6 Å². The SMILES string of the molecule is Cc1nc(Sc2cc([N+](=O)[O-])ccn2)sc1C(=O)O. The van der Waals surface area contributed by atoms with Crippen molar-refractivity contribution in [3.8, 4) is 0 Å². The van der Waals surface area contributed by atoms with Gasteiger partial charge in [-0.2, -0.15) is 0 Å². The van der Waals surface area contributed by atoms with Crippen molar-refractivity contribution in [1.29, 1.82) is 0 Å². The maximum Gasteiger partial charge on any atom is 0.347 e. The first-order valence-electron chi connectivity index (χ1n) is 4.96. The molecule has 0 bridgehead atoms. The number of carboxylic acids is 1. The maximum absolute atomic E-state index is 10.9. The van der Waals surface area contributed by atoms with Crippen LogP contribution in [-0.4, -0.2) is 26.0 Å². The molecule has 0 aromatic carbocycles. The molecule has 0 unspecified atom stereocenters. The zero-order valence-electron chi connectivity index (χ0n) is 9.56. The van der Waals surface area contributed by atoms with E-state index in [0.717, 1.165) is 23.1 Å². The van der Waals surface area contributed by atoms with Gasteiger partial charge >= 0.3 is 5.97 Å². The Hall–Kier alpha value is -2.00. The van der Waals surface area contributed by atoms with E-state index in [2.05, 4.69) is 9.97 Å². The van der Waals surface area contributed by atoms with E-state index in [0.29, 0.717) is 15.1 Å². The van der Waals surface area contributed by atoms with Crippen molar-refractivity contribution in [2.45, 2.75) is 16.3 Å². The van der Waals surface area contributed by atoms with Crippen LogP contribution in [0.2, 0.25) is 0 Å². The van der Waals surface area contributed by atoms with Gasteiger partial charge in [0.2, 0.25) is 0 Å². The van der Waals surface area contributed by atoms with E-state index < -0.39 is 10.9 Å². The molecule has 2 aromatic heterocycles. The topological polar surface area (TPSA) is 106 Å². The lowest BCUT2D eigenvalue weighted by Gasteiger charge is -1.96. The number of carbonyl (C=O) groups is 1. The lowest BCUT2D eigenvalue weighted by atomic mass is 10.4. The van der Waals surface area contributed by atoms with E-state index in [-0.39, 0.29) is 10.6 Å². The fourth-order valence-corrected chi connectivity index (χ4v) is 3.24. The Morgan fingerprint density at radius 1 is 1.58 bits per heavy atom. The third kappa shape index (κ3) is 3.06. The Balaban J connectivity index is 2.26. The zero-order valence-corrected chi connectivity index (χ0v) is 11.2. The molecule has 2 rings (SSSR count). The number of aryl methyl sites for hydroxylation is 1. The summed E-state index contributed by atoms with van der Waals surface area (Å²) in [5.74, 6) is -1.03. The van der Waals surface area contributed by atoms with Gasteiger partial charge in [0, 0.05) is 18.3 Å². The molecule has 0 aliphatic rings. The van der Waals surface area contributed by atoms with Crippen molar-refractivity contribution < 1.29 is 14.8 Å². The molecular weight excluding hydrogens is 290 g/mol. The minimum absolute atomic E-state index is 0.0655. The predicted octanol–water partition coefficient (Wildman–Crippen LogP) is 2.60. The van der Waals surface area contributed by atoms with Gasteiger partial charge in [-0.1, -0.05) is 11.3 Å². The van der Waals surface area contributed by atoms with Gasteiger partial charge < -0.3 is 5.11 Å². The molecular formula is C10H7N3O4S2. The zero-order chi connectivity index (χ0) is 14.0. The quantitative estimate of drug-likeness (QED) is 0.682. The molecule has 0 atom stereocenters. The summed E-state index contributed by atoms with van der Waals surface area (Å²) in [5, 5.41) is 20.0. The molecule has 2 aromatic rings. The van der Waals surface area contributed by atoms with E-state index >= 15 is 0 Å². The lowest BCUT2D eigenvalue weighted by Crippen LogP contribution is -1.94. The van der Waals surface area contributed by atoms with Crippen LogP contribution in [0.1, 0.15) is 15.4 Å². The first-order valence-corrected chi connectivity index (χ1v) is 6.59. The molecule has 0 radical (unpaired) electrons. The Bertz CT molecular complexity index is 656. The first kappa shape index (κ1) is 13.4. The number of nitrogens with zero attached hydrogens (tertiary/aromatic N) is 3. The molecule has 98 valence electrons. The van der Waals surface area contributed by atoms with Crippen LogP contribution in [0.3, 0.4) is 0 Å². The smallest absolute Gasteiger partial charge is 0.347 e. The van der Waals surface area contributed by atoms with Crippen LogP contribution in [0.15, 0.2) is 27.7 Å². The van der Waals surface area contributed by atoms with Gasteiger partial charge in [-0.25, -0.2) is 14.8 Å². The molecule has 0 aliphatic carbocycles. The van der Waals surface area contributed by atoms with E-state index in [4.69, 9.17) is 5.11 Å². The molecule has 0 saturated heterocycles. The number of aromatic carboxylic acids is 1. The Labute approximate surface area is 115 Å². The fourth-order valence-electron chi connectivity index (χ4n) is 1.27. The van der Waals surface area contributed by atoms with Gasteiger partial charge in [0.15, 0.2) is 4.34 Å². The highest BCUT2D eigenvalue weighted by molar-refractivity contribution is 8.01. The minimum atomic E-state index is -1.03. The number of carboxylic acid groups (broad SMARTS) is 1. The Morgan fingerprint density at radius 2 is 2.32 bits per heavy atom. The number of hydrogen-bond acceptors (Lipinski definition) is 7. The standard InChI is InChI=1S/C10H7N3O4S2/c1-5-8(9(14)15)19-10(12-5)18-7-4-6(13(16)17)2-3-11-7/h2-4H,1H3,(H,14,15). The average molecular weight is 297 g/mol. The van der Waals surface area contributed by atoms with Crippen molar-refractivity contribution in [1.82, 2.24) is 9.97 Å². The summed E-state index contributed by atoms with van der Waals surface area (Å²) in [7, 11) is 0. The number of nitro groups is 1. The van der Waals surface area contributed by atoms with Crippen molar-refractivity contribution in [3.63, 3.8) is 0 Å². The van der Waals surface area contributed by atoms with Crippen molar-refractivity contribution in [2.75, 3.05) is 0 Å². The van der Waals surface area contributed by atoms with Crippen LogP contribution in [-0.2, 0) is 0 Å². The molecule has 0 spiro atoms. The van der Waals surface area contributed by atoms with Crippen LogP contribution in [0.25, 0.3) is 0 Å². The summed E-state index contributed by atoms with van der Waals surface area (Å²) in [4.78, 5) is 29.2. The summed E-state index contributed by atoms with van der Waals surface area (Å²) in [6.07, 6.45) is 1.33. The predicted molar refractivity (Wildman–Crippen MR) is 68.8 cm³/mol. The highest BCUT2D eigenvalue weighted by Crippen LogP contribution is 2.32. The summed E-state index contributed by atoms with van der Waals surface area (Å²) < 4.78 is 0.489. The third-order valence-electron chi connectivity index (χ3n) is 2.09. The summed E-state index contributed by atoms with van der Waals surface area (Å²) in [5.41, 5.74) is 0.356. The number of thiazole rings is 1. The van der Waals surface area contributed by atoms with Crippen molar-refractivity contribution in [3.05, 3.63) is 39.0 Å². The summed E-state index contributed by atoms with van der Waals surface area (Å²) in [6.45, 7) is 1.60. The number of pyridine rings is 1. The van der Waals surface area contributed by atoms with Gasteiger partial charge in [0.25, 0.3) is 5.69 Å². The van der Waals surface area contributed by atoms with Gasteiger partial charge in [-0.05, 0) is 18.7 Å². The van der Waals surface area contributed by atoms with Gasteiger partial charge in [-0.15, -0.1) is 0 Å². The average Bonchev–Trinajstić information content (AvgIpc) is 2.70. The molecule has 0 saturated carbocycles. The second-order valence-electron chi connectivity index (χ2n) is 3.41. The molecule has 0 aliphatic heterocycles. The molecule has 2 heterocycles. The van der Waals surface area contributed by atoms with Gasteiger partial charge in [-0.3, -0.25) is 10.1 Å². The van der Waals surface area contributed by atoms with E-state index in [9.17, 15) is 14.9 Å². The molecule has 7 nitrogen and oxygen atoms in total. The fraction of sp³-hybridized carbons (Fsp3) is 0.100. The molecule has 19 heavy (non-hydrogen) atoms. The normalized spacial score (nSPS) is 10.4. The third-order valence-corrected chi connectivity index (χ3v) is 4.23. The van der Waals surface area contributed by atoms with Crippen LogP contribution < -0.4 is 0 Å².